The molecule has 214 valence electrons. The van der Waals surface area contributed by atoms with Crippen molar-refractivity contribution in [2.45, 2.75) is 44.1 Å². The van der Waals surface area contributed by atoms with Gasteiger partial charge in [0.2, 0.25) is 5.91 Å². The van der Waals surface area contributed by atoms with E-state index in [1.807, 2.05) is 66.7 Å². The Balaban J connectivity index is 1.22. The van der Waals surface area contributed by atoms with Gasteiger partial charge in [-0.1, -0.05) is 78.9 Å². The molecule has 41 heavy (non-hydrogen) atoms. The molecule has 3 aromatic carbocycles. The first-order valence-corrected chi connectivity index (χ1v) is 13.8. The molecule has 0 saturated carbocycles. The molecule has 3 N–H and O–H groups in total. The van der Waals surface area contributed by atoms with Crippen molar-refractivity contribution in [2.24, 2.45) is 5.92 Å². The van der Waals surface area contributed by atoms with Gasteiger partial charge in [-0.15, -0.1) is 0 Å². The lowest BCUT2D eigenvalue weighted by Crippen LogP contribution is -2.54. The summed E-state index contributed by atoms with van der Waals surface area (Å²) in [4.78, 5) is 37.5. The van der Waals surface area contributed by atoms with E-state index < -0.39 is 42.1 Å². The van der Waals surface area contributed by atoms with Crippen molar-refractivity contribution in [1.29, 1.82) is 0 Å². The first kappa shape index (κ1) is 28.3. The van der Waals surface area contributed by atoms with E-state index in [1.54, 1.807) is 6.92 Å². The number of carboxylic acids is 1. The van der Waals surface area contributed by atoms with Crippen molar-refractivity contribution in [1.82, 2.24) is 10.6 Å². The number of nitrogens with one attached hydrogen (secondary N) is 2. The summed E-state index contributed by atoms with van der Waals surface area (Å²) >= 11 is 0. The van der Waals surface area contributed by atoms with Crippen LogP contribution in [0.3, 0.4) is 0 Å². The van der Waals surface area contributed by atoms with Crippen molar-refractivity contribution in [3.05, 3.63) is 95.6 Å². The van der Waals surface area contributed by atoms with Gasteiger partial charge < -0.3 is 30.0 Å². The molecule has 0 spiro atoms. The molecule has 1 heterocycles. The van der Waals surface area contributed by atoms with Crippen LogP contribution < -0.4 is 10.6 Å². The monoisotopic (exact) mass is 558 g/mol. The summed E-state index contributed by atoms with van der Waals surface area (Å²) in [7, 11) is 0. The van der Waals surface area contributed by atoms with Crippen molar-refractivity contribution in [3.63, 3.8) is 0 Å². The lowest BCUT2D eigenvalue weighted by atomic mass is 9.98. The Morgan fingerprint density at radius 2 is 1.59 bits per heavy atom. The van der Waals surface area contributed by atoms with E-state index in [2.05, 4.69) is 22.8 Å². The molecule has 1 fully saturated rings. The molecule has 3 aromatic rings. The summed E-state index contributed by atoms with van der Waals surface area (Å²) in [5, 5.41) is 14.7. The minimum absolute atomic E-state index is 0.105. The molecule has 0 bridgehead atoms. The van der Waals surface area contributed by atoms with Crippen LogP contribution >= 0.6 is 0 Å². The Hall–Kier alpha value is -4.21. The van der Waals surface area contributed by atoms with E-state index in [9.17, 15) is 19.5 Å². The summed E-state index contributed by atoms with van der Waals surface area (Å²) < 4.78 is 17.2. The van der Waals surface area contributed by atoms with Crippen molar-refractivity contribution in [3.8, 4) is 11.1 Å². The molecule has 9 heteroatoms. The molecule has 1 aliphatic carbocycles. The molecule has 0 aromatic heterocycles. The van der Waals surface area contributed by atoms with Crippen LogP contribution in [-0.4, -0.2) is 61.1 Å². The Morgan fingerprint density at radius 1 is 0.951 bits per heavy atom. The lowest BCUT2D eigenvalue weighted by molar-refractivity contribution is -0.141. The molecule has 4 atom stereocenters. The first-order valence-electron chi connectivity index (χ1n) is 13.8. The van der Waals surface area contributed by atoms with E-state index in [1.165, 1.54) is 0 Å². The zero-order valence-corrected chi connectivity index (χ0v) is 22.8. The number of fused-ring (bicyclic) bond motifs is 3. The van der Waals surface area contributed by atoms with Gasteiger partial charge >= 0.3 is 12.1 Å². The molecule has 2 aliphatic rings. The third-order valence-corrected chi connectivity index (χ3v) is 7.66. The highest BCUT2D eigenvalue weighted by Crippen LogP contribution is 2.44. The molecule has 1 aliphatic heterocycles. The number of carboxylic acid groups (broad SMARTS) is 1. The second-order valence-electron chi connectivity index (χ2n) is 10.4. The van der Waals surface area contributed by atoms with Gasteiger partial charge in [-0.25, -0.2) is 4.79 Å². The van der Waals surface area contributed by atoms with Crippen LogP contribution in [0.5, 0.6) is 0 Å². The maximum absolute atomic E-state index is 13.3. The number of carbonyl (C=O) groups is 3. The highest BCUT2D eigenvalue weighted by Gasteiger charge is 2.34. The van der Waals surface area contributed by atoms with E-state index in [0.717, 1.165) is 27.8 Å². The average Bonchev–Trinajstić information content (AvgIpc) is 3.60. The molecule has 0 radical (unpaired) electrons. The van der Waals surface area contributed by atoms with Crippen LogP contribution in [0.2, 0.25) is 0 Å². The largest absolute Gasteiger partial charge is 0.481 e. The number of ether oxygens (including phenoxy) is 3. The maximum Gasteiger partial charge on any atom is 0.407 e. The number of aliphatic carboxylic acids is 1. The lowest BCUT2D eigenvalue weighted by Gasteiger charge is -2.25. The Bertz CT molecular complexity index is 1330. The van der Waals surface area contributed by atoms with Crippen molar-refractivity contribution >= 4 is 18.0 Å². The van der Waals surface area contributed by atoms with Gasteiger partial charge in [0, 0.05) is 12.5 Å². The van der Waals surface area contributed by atoms with Crippen LogP contribution in [-0.2, 0) is 30.4 Å². The second kappa shape index (κ2) is 13.0. The Morgan fingerprint density at radius 3 is 2.22 bits per heavy atom. The van der Waals surface area contributed by atoms with E-state index >= 15 is 0 Å². The highest BCUT2D eigenvalue weighted by atomic mass is 16.5. The SMILES string of the molecule is CC(OCc1ccccc1)C(NC(=O)OCC1c2ccccc2-c2ccccc21)C(=O)NCC1CC(C(=O)O)CO1. The van der Waals surface area contributed by atoms with E-state index in [4.69, 9.17) is 14.2 Å². The van der Waals surface area contributed by atoms with Gasteiger partial charge in [0.15, 0.2) is 0 Å². The van der Waals surface area contributed by atoms with Gasteiger partial charge in [-0.3, -0.25) is 9.59 Å². The predicted molar refractivity (Wildman–Crippen MR) is 151 cm³/mol. The fourth-order valence-electron chi connectivity index (χ4n) is 5.41. The highest BCUT2D eigenvalue weighted by molar-refractivity contribution is 5.86. The minimum atomic E-state index is -1.05. The zero-order valence-electron chi connectivity index (χ0n) is 22.8. The van der Waals surface area contributed by atoms with Crippen LogP contribution in [0.4, 0.5) is 4.79 Å². The van der Waals surface area contributed by atoms with E-state index in [-0.39, 0.29) is 32.3 Å². The second-order valence-corrected chi connectivity index (χ2v) is 10.4. The predicted octanol–water partition coefficient (Wildman–Crippen LogP) is 4.10. The summed E-state index contributed by atoms with van der Waals surface area (Å²) in [6.45, 7) is 2.30. The fraction of sp³-hybridized carbons (Fsp3) is 0.344. The molecule has 5 rings (SSSR count). The number of carbonyl (C=O) groups excluding carboxylic acids is 2. The molecule has 9 nitrogen and oxygen atoms in total. The number of rotatable bonds is 11. The van der Waals surface area contributed by atoms with Crippen molar-refractivity contribution < 1.29 is 33.7 Å². The van der Waals surface area contributed by atoms with Crippen LogP contribution in [0, 0.1) is 5.92 Å². The summed E-state index contributed by atoms with van der Waals surface area (Å²) in [5.41, 5.74) is 5.35. The summed E-state index contributed by atoms with van der Waals surface area (Å²) in [6.07, 6.45) is -1.53. The van der Waals surface area contributed by atoms with Gasteiger partial charge in [0.05, 0.1) is 31.3 Å². The number of benzene rings is 3. The normalized spacial score (nSPS) is 19.0. The first-order chi connectivity index (χ1) is 19.9. The number of amides is 2. The standard InChI is InChI=1S/C32H34N2O7/c1-20(39-17-21-9-3-2-4-10-21)29(30(35)33-16-23-15-22(18-40-23)31(36)37)34-32(38)41-19-28-26-13-7-5-11-24(26)25-12-6-8-14-27(25)28/h2-14,20,22-23,28-29H,15-19H2,1H3,(H,33,35)(H,34,38)(H,36,37). The number of hydrogen-bond acceptors (Lipinski definition) is 6. The van der Waals surface area contributed by atoms with Gasteiger partial charge in [0.1, 0.15) is 12.6 Å². The number of alkyl carbamates (subject to hydrolysis) is 1. The Labute approximate surface area is 238 Å². The molecule has 2 amide bonds. The average molecular weight is 559 g/mol. The molecular formula is C32H34N2O7. The van der Waals surface area contributed by atoms with Gasteiger partial charge in [0.25, 0.3) is 0 Å². The maximum atomic E-state index is 13.3. The minimum Gasteiger partial charge on any atom is -0.481 e. The van der Waals surface area contributed by atoms with Gasteiger partial charge in [-0.05, 0) is 41.2 Å². The summed E-state index contributed by atoms with van der Waals surface area (Å²) in [5.74, 6) is -2.10. The molecule has 1 saturated heterocycles. The smallest absolute Gasteiger partial charge is 0.407 e. The van der Waals surface area contributed by atoms with Crippen LogP contribution in [0.25, 0.3) is 11.1 Å². The molecular weight excluding hydrogens is 524 g/mol. The fourth-order valence-corrected chi connectivity index (χ4v) is 5.41. The quantitative estimate of drug-likeness (QED) is 0.324. The van der Waals surface area contributed by atoms with Crippen LogP contribution in [0.1, 0.15) is 36.0 Å². The third kappa shape index (κ3) is 6.75. The zero-order chi connectivity index (χ0) is 28.8. The Kier molecular flexibility index (Phi) is 8.96. The molecule has 4 unspecified atom stereocenters. The third-order valence-electron chi connectivity index (χ3n) is 7.66. The topological polar surface area (TPSA) is 123 Å². The van der Waals surface area contributed by atoms with Gasteiger partial charge in [-0.2, -0.15) is 0 Å². The van der Waals surface area contributed by atoms with Crippen LogP contribution in [0.15, 0.2) is 78.9 Å². The van der Waals surface area contributed by atoms with Crippen molar-refractivity contribution in [2.75, 3.05) is 19.8 Å². The number of hydrogen-bond donors (Lipinski definition) is 3. The summed E-state index contributed by atoms with van der Waals surface area (Å²) in [6, 6.07) is 24.6. The van der Waals surface area contributed by atoms with E-state index in [0.29, 0.717) is 6.42 Å².